The van der Waals surface area contributed by atoms with Crippen molar-refractivity contribution < 1.29 is 19.1 Å². The highest BCUT2D eigenvalue weighted by atomic mass is 32.2. The van der Waals surface area contributed by atoms with Gasteiger partial charge in [-0.3, -0.25) is 9.69 Å². The lowest BCUT2D eigenvalue weighted by atomic mass is 10.2. The van der Waals surface area contributed by atoms with E-state index in [4.69, 9.17) is 21.7 Å². The van der Waals surface area contributed by atoms with Gasteiger partial charge < -0.3 is 9.47 Å². The third kappa shape index (κ3) is 3.96. The summed E-state index contributed by atoms with van der Waals surface area (Å²) in [5.74, 6) is -0.0645. The van der Waals surface area contributed by atoms with E-state index in [9.17, 15) is 9.59 Å². The number of carbonyl (C=O) groups is 2. The summed E-state index contributed by atoms with van der Waals surface area (Å²) in [6.07, 6.45) is 1.74. The van der Waals surface area contributed by atoms with Crippen LogP contribution >= 0.6 is 24.0 Å². The van der Waals surface area contributed by atoms with Gasteiger partial charge in [0.2, 0.25) is 0 Å². The Balaban J connectivity index is 2.27. The minimum absolute atomic E-state index is 0.259. The van der Waals surface area contributed by atoms with Gasteiger partial charge >= 0.3 is 5.97 Å². The molecule has 7 heteroatoms. The molecule has 1 unspecified atom stereocenters. The third-order valence-corrected chi connectivity index (χ3v) is 4.67. The Morgan fingerprint density at radius 3 is 2.71 bits per heavy atom. The second-order valence-electron chi connectivity index (χ2n) is 4.95. The molecule has 0 radical (unpaired) electrons. The number of ether oxygens (including phenoxy) is 2. The summed E-state index contributed by atoms with van der Waals surface area (Å²) in [5, 5.41) is 0. The molecule has 5 nitrogen and oxygen atoms in total. The Morgan fingerprint density at radius 1 is 1.33 bits per heavy atom. The number of esters is 1. The maximum absolute atomic E-state index is 12.6. The van der Waals surface area contributed by atoms with E-state index in [-0.39, 0.29) is 12.5 Å². The molecular formula is C17H19NO4S2. The summed E-state index contributed by atoms with van der Waals surface area (Å²) in [7, 11) is 0. The number of amides is 1. The monoisotopic (exact) mass is 365 g/mol. The zero-order chi connectivity index (χ0) is 17.7. The quantitative estimate of drug-likeness (QED) is 0.438. The Morgan fingerprint density at radius 2 is 2.04 bits per heavy atom. The topological polar surface area (TPSA) is 55.8 Å². The minimum Gasteiger partial charge on any atom is -0.493 e. The minimum atomic E-state index is -0.745. The van der Waals surface area contributed by atoms with Gasteiger partial charge in [-0.05, 0) is 32.9 Å². The van der Waals surface area contributed by atoms with Gasteiger partial charge in [0, 0.05) is 5.56 Å². The molecule has 1 fully saturated rings. The summed E-state index contributed by atoms with van der Waals surface area (Å²) in [6.45, 7) is 6.03. The number of benzene rings is 1. The Labute approximate surface area is 151 Å². The lowest BCUT2D eigenvalue weighted by Crippen LogP contribution is -2.42. The molecule has 0 spiro atoms. The largest absolute Gasteiger partial charge is 0.493 e. The second-order valence-corrected chi connectivity index (χ2v) is 6.63. The van der Waals surface area contributed by atoms with Crippen LogP contribution in [-0.4, -0.2) is 40.4 Å². The van der Waals surface area contributed by atoms with Crippen LogP contribution in [0.15, 0.2) is 29.2 Å². The zero-order valence-electron chi connectivity index (χ0n) is 13.8. The molecule has 0 aliphatic carbocycles. The molecule has 0 saturated carbocycles. The van der Waals surface area contributed by atoms with Crippen molar-refractivity contribution in [2.45, 2.75) is 26.8 Å². The van der Waals surface area contributed by atoms with Crippen LogP contribution in [0.4, 0.5) is 0 Å². The molecular weight excluding hydrogens is 346 g/mol. The Kier molecular flexibility index (Phi) is 6.39. The van der Waals surface area contributed by atoms with E-state index in [1.807, 2.05) is 31.2 Å². The number of hydrogen-bond donors (Lipinski definition) is 0. The molecule has 1 aliphatic rings. The van der Waals surface area contributed by atoms with Gasteiger partial charge in [0.15, 0.2) is 0 Å². The van der Waals surface area contributed by atoms with Crippen molar-refractivity contribution >= 4 is 46.3 Å². The molecule has 1 heterocycles. The Bertz CT molecular complexity index is 687. The van der Waals surface area contributed by atoms with Crippen LogP contribution in [0.25, 0.3) is 6.08 Å². The highest BCUT2D eigenvalue weighted by Gasteiger charge is 2.38. The van der Waals surface area contributed by atoms with Gasteiger partial charge in [0.25, 0.3) is 5.91 Å². The van der Waals surface area contributed by atoms with Gasteiger partial charge in [-0.25, -0.2) is 4.79 Å². The standard InChI is InChI=1S/C17H19NO4S2/c1-4-21-13-9-7-6-8-12(13)10-14-15(19)18(17(23)24-14)11(3)16(20)22-5-2/h6-11H,4-5H2,1-3H3/b14-10-. The first-order valence-corrected chi connectivity index (χ1v) is 8.87. The molecule has 1 atom stereocenters. The summed E-state index contributed by atoms with van der Waals surface area (Å²) in [6, 6.07) is 6.71. The molecule has 0 N–H and O–H groups in total. The van der Waals surface area contributed by atoms with Gasteiger partial charge in [-0.2, -0.15) is 0 Å². The van der Waals surface area contributed by atoms with E-state index in [1.54, 1.807) is 19.9 Å². The molecule has 1 aromatic rings. The predicted octanol–water partition coefficient (Wildman–Crippen LogP) is 3.24. The van der Waals surface area contributed by atoms with Gasteiger partial charge in [0.05, 0.1) is 18.1 Å². The van der Waals surface area contributed by atoms with E-state index in [2.05, 4.69) is 0 Å². The van der Waals surface area contributed by atoms with Gasteiger partial charge in [-0.15, -0.1) is 0 Å². The summed E-state index contributed by atoms with van der Waals surface area (Å²) >= 11 is 6.44. The van der Waals surface area contributed by atoms with E-state index >= 15 is 0 Å². The fraction of sp³-hybridized carbons (Fsp3) is 0.353. The fourth-order valence-electron chi connectivity index (χ4n) is 2.21. The average molecular weight is 365 g/mol. The molecule has 2 rings (SSSR count). The van der Waals surface area contributed by atoms with Crippen LogP contribution in [0.3, 0.4) is 0 Å². The van der Waals surface area contributed by atoms with Gasteiger partial charge in [-0.1, -0.05) is 42.2 Å². The zero-order valence-corrected chi connectivity index (χ0v) is 15.4. The van der Waals surface area contributed by atoms with Crippen LogP contribution in [0.5, 0.6) is 5.75 Å². The first-order chi connectivity index (χ1) is 11.5. The van der Waals surface area contributed by atoms with Gasteiger partial charge in [0.1, 0.15) is 16.1 Å². The summed E-state index contributed by atoms with van der Waals surface area (Å²) in [4.78, 5) is 26.3. The number of thioether (sulfide) groups is 1. The van der Waals surface area contributed by atoms with E-state index < -0.39 is 12.0 Å². The van der Waals surface area contributed by atoms with Crippen LogP contribution < -0.4 is 4.74 Å². The maximum atomic E-state index is 12.6. The number of carbonyl (C=O) groups excluding carboxylic acids is 2. The van der Waals surface area contributed by atoms with Crippen molar-refractivity contribution in [3.05, 3.63) is 34.7 Å². The second kappa shape index (κ2) is 8.30. The molecule has 0 bridgehead atoms. The highest BCUT2D eigenvalue weighted by Crippen LogP contribution is 2.35. The molecule has 1 amide bonds. The number of nitrogens with zero attached hydrogens (tertiary/aromatic N) is 1. The summed E-state index contributed by atoms with van der Waals surface area (Å²) < 4.78 is 10.9. The van der Waals surface area contributed by atoms with E-state index in [0.29, 0.717) is 21.6 Å². The van der Waals surface area contributed by atoms with Crippen molar-refractivity contribution in [3.8, 4) is 5.75 Å². The van der Waals surface area contributed by atoms with Crippen LogP contribution in [0.1, 0.15) is 26.3 Å². The smallest absolute Gasteiger partial charge is 0.329 e. The van der Waals surface area contributed by atoms with Crippen molar-refractivity contribution in [3.63, 3.8) is 0 Å². The third-order valence-electron chi connectivity index (χ3n) is 3.34. The number of para-hydroxylation sites is 1. The lowest BCUT2D eigenvalue weighted by Gasteiger charge is -2.21. The number of hydrogen-bond acceptors (Lipinski definition) is 6. The fourth-order valence-corrected chi connectivity index (χ4v) is 3.62. The first-order valence-electron chi connectivity index (χ1n) is 7.65. The van der Waals surface area contributed by atoms with Crippen molar-refractivity contribution in [2.24, 2.45) is 0 Å². The van der Waals surface area contributed by atoms with Crippen molar-refractivity contribution in [1.82, 2.24) is 4.90 Å². The van der Waals surface area contributed by atoms with E-state index in [1.165, 1.54) is 16.7 Å². The number of rotatable bonds is 6. The molecule has 0 aromatic heterocycles. The maximum Gasteiger partial charge on any atom is 0.329 e. The molecule has 24 heavy (non-hydrogen) atoms. The Hall–Kier alpha value is -1.86. The lowest BCUT2D eigenvalue weighted by molar-refractivity contribution is -0.149. The SMILES string of the molecule is CCOC(=O)C(C)N1C(=O)/C(=C/c2ccccc2OCC)SC1=S. The first kappa shape index (κ1) is 18.5. The highest BCUT2D eigenvalue weighted by molar-refractivity contribution is 8.26. The average Bonchev–Trinajstić information content (AvgIpc) is 2.83. The molecule has 1 aliphatic heterocycles. The van der Waals surface area contributed by atoms with Crippen LogP contribution in [0, 0.1) is 0 Å². The predicted molar refractivity (Wildman–Crippen MR) is 98.7 cm³/mol. The molecule has 1 saturated heterocycles. The van der Waals surface area contributed by atoms with Crippen molar-refractivity contribution in [1.29, 1.82) is 0 Å². The molecule has 128 valence electrons. The molecule has 1 aromatic carbocycles. The normalized spacial score (nSPS) is 17.3. The van der Waals surface area contributed by atoms with Crippen LogP contribution in [-0.2, 0) is 14.3 Å². The number of thiocarbonyl (C=S) groups is 1. The summed E-state index contributed by atoms with van der Waals surface area (Å²) in [5.41, 5.74) is 0.795. The van der Waals surface area contributed by atoms with Crippen molar-refractivity contribution in [2.75, 3.05) is 13.2 Å². The van der Waals surface area contributed by atoms with Crippen LogP contribution in [0.2, 0.25) is 0 Å². The van der Waals surface area contributed by atoms with E-state index in [0.717, 1.165) is 5.56 Å².